The molecular formula is C36H18F18N6. The second kappa shape index (κ2) is 13.6. The van der Waals surface area contributed by atoms with Crippen LogP contribution in [0, 0.1) is 0 Å². The molecule has 6 nitrogen and oxygen atoms in total. The molecule has 7 aromatic heterocycles. The first-order valence-corrected chi connectivity index (χ1v) is 16.4. The maximum Gasteiger partial charge on any atom is 0.420 e. The largest absolute Gasteiger partial charge is 0.420 e. The normalized spacial score (nSPS) is 13.5. The Morgan fingerprint density at radius 1 is 0.183 bits per heavy atom. The second-order valence-corrected chi connectivity index (χ2v) is 13.0. The lowest BCUT2D eigenvalue weighted by Crippen LogP contribution is -2.08. The fourth-order valence-corrected chi connectivity index (χ4v) is 6.82. The van der Waals surface area contributed by atoms with E-state index in [-0.39, 0.29) is 0 Å². The zero-order valence-electron chi connectivity index (χ0n) is 28.7. The maximum absolute atomic E-state index is 14.6. The van der Waals surface area contributed by atoms with Crippen molar-refractivity contribution in [1.29, 1.82) is 0 Å². The molecule has 0 saturated heterocycles. The molecule has 0 amide bonds. The molecule has 0 unspecified atom stereocenters. The monoisotopic (exact) mass is 876 g/mol. The summed E-state index contributed by atoms with van der Waals surface area (Å²) in [5, 5.41) is 0. The van der Waals surface area contributed by atoms with Crippen LogP contribution in [0.2, 0.25) is 0 Å². The Morgan fingerprint density at radius 2 is 0.267 bits per heavy atom. The van der Waals surface area contributed by atoms with Crippen molar-refractivity contribution >= 4 is 66.2 Å². The third-order valence-corrected chi connectivity index (χ3v) is 9.05. The van der Waals surface area contributed by atoms with Gasteiger partial charge in [0.25, 0.3) is 0 Å². The van der Waals surface area contributed by atoms with Crippen molar-refractivity contribution in [2.45, 2.75) is 37.1 Å². The molecule has 24 heteroatoms. The fraction of sp³-hybridized carbons (Fsp3) is 0.167. The Balaban J connectivity index is 1.75. The van der Waals surface area contributed by atoms with Gasteiger partial charge in [-0.15, -0.1) is 0 Å². The molecule has 0 aliphatic carbocycles. The topological polar surface area (TPSA) is 94.7 Å². The average Bonchev–Trinajstić information content (AvgIpc) is 3.90. The highest BCUT2D eigenvalue weighted by atomic mass is 19.4. The number of hydrogen-bond donors (Lipinski definition) is 6. The van der Waals surface area contributed by atoms with E-state index in [1.54, 1.807) is 0 Å². The van der Waals surface area contributed by atoms with Crippen molar-refractivity contribution in [3.05, 3.63) is 106 Å². The van der Waals surface area contributed by atoms with Crippen LogP contribution in [0.5, 0.6) is 0 Å². The first kappa shape index (κ1) is 41.8. The van der Waals surface area contributed by atoms with Crippen LogP contribution in [0.1, 0.15) is 33.4 Å². The van der Waals surface area contributed by atoms with Gasteiger partial charge in [-0.2, -0.15) is 79.0 Å². The number of fused-ring (bicyclic) bond motifs is 12. The Hall–Kier alpha value is -6.36. The average molecular weight is 877 g/mol. The van der Waals surface area contributed by atoms with Crippen LogP contribution in [0.4, 0.5) is 79.0 Å². The molecule has 0 spiro atoms. The summed E-state index contributed by atoms with van der Waals surface area (Å²) in [7, 11) is 0. The summed E-state index contributed by atoms with van der Waals surface area (Å²) in [6.07, 6.45) is -33.2. The van der Waals surface area contributed by atoms with Gasteiger partial charge < -0.3 is 29.9 Å². The molecule has 0 atom stereocenters. The van der Waals surface area contributed by atoms with E-state index in [2.05, 4.69) is 0 Å². The van der Waals surface area contributed by atoms with E-state index < -0.39 is 137 Å². The Bertz CT molecular complexity index is 2350. The van der Waals surface area contributed by atoms with Crippen LogP contribution < -0.4 is 0 Å². The molecule has 7 rings (SSSR count). The summed E-state index contributed by atoms with van der Waals surface area (Å²) in [5.74, 6) is 0. The molecule has 0 radical (unpaired) electrons. The highest BCUT2D eigenvalue weighted by molar-refractivity contribution is 5.85. The summed E-state index contributed by atoms with van der Waals surface area (Å²) in [6.45, 7) is 0. The number of halogens is 18. The smallest absolute Gasteiger partial charge is 0.354 e. The molecule has 60 heavy (non-hydrogen) atoms. The van der Waals surface area contributed by atoms with Gasteiger partial charge in [0.1, 0.15) is 33.4 Å². The van der Waals surface area contributed by atoms with Crippen molar-refractivity contribution in [1.82, 2.24) is 29.9 Å². The van der Waals surface area contributed by atoms with Crippen LogP contribution in [0.3, 0.4) is 0 Å². The molecule has 0 saturated carbocycles. The van der Waals surface area contributed by atoms with Gasteiger partial charge in [0.15, 0.2) is 0 Å². The third-order valence-electron chi connectivity index (χ3n) is 9.05. The van der Waals surface area contributed by atoms with Gasteiger partial charge in [-0.1, -0.05) is 0 Å². The van der Waals surface area contributed by atoms with Crippen molar-refractivity contribution in [2.75, 3.05) is 0 Å². The molecular weight excluding hydrogens is 858 g/mol. The van der Waals surface area contributed by atoms with Gasteiger partial charge in [0, 0.05) is 0 Å². The molecule has 0 fully saturated rings. The van der Waals surface area contributed by atoms with Gasteiger partial charge in [-0.3, -0.25) is 0 Å². The molecule has 7 heterocycles. The fourth-order valence-electron chi connectivity index (χ4n) is 6.82. The summed E-state index contributed by atoms with van der Waals surface area (Å²) in [6, 6.07) is 5.38. The molecule has 12 bridgehead atoms. The number of rotatable bonds is 0. The van der Waals surface area contributed by atoms with E-state index >= 15 is 0 Å². The SMILES string of the molecule is FC(F)(F)c1c2ccc([nH]2)c(C(F)(F)F)c2ccc([nH]2)c(C(F)(F)F)c2ccc([nH]2)c(C(F)(F)F)c2ccc([nH]2)c(C(F)(F)F)c2ccc([nH]2)c(C(F)(F)F)c2ccc1[nH]2. The molecule has 318 valence electrons. The van der Waals surface area contributed by atoms with Crippen molar-refractivity contribution in [3.63, 3.8) is 0 Å². The molecule has 0 aromatic carbocycles. The lowest BCUT2D eigenvalue weighted by Gasteiger charge is -2.09. The van der Waals surface area contributed by atoms with E-state index in [0.717, 1.165) is 0 Å². The molecule has 7 aromatic rings. The van der Waals surface area contributed by atoms with E-state index in [9.17, 15) is 79.0 Å². The van der Waals surface area contributed by atoms with Crippen LogP contribution in [-0.2, 0) is 37.1 Å². The Morgan fingerprint density at radius 3 is 0.333 bits per heavy atom. The molecule has 0 aliphatic heterocycles. The summed E-state index contributed by atoms with van der Waals surface area (Å²) < 4.78 is 263. The predicted molar refractivity (Wildman–Crippen MR) is 180 cm³/mol. The third kappa shape index (κ3) is 7.64. The first-order chi connectivity index (χ1) is 27.5. The second-order valence-electron chi connectivity index (χ2n) is 13.0. The van der Waals surface area contributed by atoms with Crippen LogP contribution in [-0.4, -0.2) is 29.9 Å². The van der Waals surface area contributed by atoms with Crippen LogP contribution >= 0.6 is 0 Å². The molecule has 0 aliphatic rings. The first-order valence-electron chi connectivity index (χ1n) is 16.4. The lowest BCUT2D eigenvalue weighted by atomic mass is 10.2. The Kier molecular flexibility index (Phi) is 9.46. The minimum Gasteiger partial charge on any atom is -0.354 e. The number of H-pyrrole nitrogens is 6. The molecule has 6 N–H and O–H groups in total. The van der Waals surface area contributed by atoms with Crippen molar-refractivity contribution < 1.29 is 79.0 Å². The van der Waals surface area contributed by atoms with Gasteiger partial charge in [0.2, 0.25) is 0 Å². The number of hydrogen-bond acceptors (Lipinski definition) is 0. The minimum atomic E-state index is -5.54. The van der Waals surface area contributed by atoms with E-state index in [1.165, 1.54) is 0 Å². The lowest BCUT2D eigenvalue weighted by molar-refractivity contribution is -0.136. The maximum atomic E-state index is 14.6. The van der Waals surface area contributed by atoms with Gasteiger partial charge in [-0.05, 0) is 72.8 Å². The highest BCUT2D eigenvalue weighted by Gasteiger charge is 2.41. The van der Waals surface area contributed by atoms with Gasteiger partial charge in [0.05, 0.1) is 66.2 Å². The number of alkyl halides is 18. The van der Waals surface area contributed by atoms with Gasteiger partial charge in [-0.25, -0.2) is 0 Å². The van der Waals surface area contributed by atoms with Crippen molar-refractivity contribution in [3.8, 4) is 0 Å². The summed E-state index contributed by atoms with van der Waals surface area (Å²) >= 11 is 0. The van der Waals surface area contributed by atoms with Crippen LogP contribution in [0.15, 0.2) is 72.8 Å². The summed E-state index contributed by atoms with van der Waals surface area (Å²) in [5.41, 5.74) is -25.4. The van der Waals surface area contributed by atoms with E-state index in [0.29, 0.717) is 72.8 Å². The highest BCUT2D eigenvalue weighted by Crippen LogP contribution is 2.43. The van der Waals surface area contributed by atoms with Crippen LogP contribution in [0.25, 0.3) is 66.2 Å². The quantitative estimate of drug-likeness (QED) is 0.0819. The van der Waals surface area contributed by atoms with E-state index in [1.807, 2.05) is 29.9 Å². The zero-order chi connectivity index (χ0) is 44.1. The zero-order valence-corrected chi connectivity index (χ0v) is 28.7. The number of aromatic nitrogens is 6. The summed E-state index contributed by atoms with van der Waals surface area (Å²) in [4.78, 5) is 11.1. The van der Waals surface area contributed by atoms with Gasteiger partial charge >= 0.3 is 37.1 Å². The Labute approximate surface area is 318 Å². The van der Waals surface area contributed by atoms with Crippen molar-refractivity contribution in [2.24, 2.45) is 0 Å². The number of aromatic amines is 6. The van der Waals surface area contributed by atoms with E-state index in [4.69, 9.17) is 0 Å². The number of nitrogens with one attached hydrogen (secondary N) is 6. The minimum absolute atomic E-state index is 0.449. The standard InChI is InChI=1S/C36H18F18N6/c37-31(38,39)25-13-1-2-14(55-13)26(32(40,41)42)16-5-6-18(57-16)28(34(46,47)48)20-9-10-22(59-20)30(36(52,53)54)24-12-11-23(60-24)29(35(49,50)51)21-8-7-19(58-21)27(33(43,44)45)17-4-3-15(25)56-17/h1-12,55-60H. The predicted octanol–water partition coefficient (Wildman–Crippen LogP) is 14.1.